The maximum atomic E-state index is 11.7. The minimum absolute atomic E-state index is 0.0210. The first-order valence-corrected chi connectivity index (χ1v) is 5.89. The molecule has 5 heteroatoms. The largest absolute Gasteiger partial charge is 0.486 e. The van der Waals surface area contributed by atoms with Crippen LogP contribution in [0.5, 0.6) is 5.75 Å². The summed E-state index contributed by atoms with van der Waals surface area (Å²) in [6.45, 7) is 0.0210. The lowest BCUT2D eigenvalue weighted by molar-refractivity contribution is -0.120. The van der Waals surface area contributed by atoms with Crippen molar-refractivity contribution in [3.63, 3.8) is 0 Å². The normalized spacial score (nSPS) is 10.3. The Hall–Kier alpha value is -1.81. The fourth-order valence-corrected chi connectivity index (χ4v) is 1.70. The number of carbonyl (C=O) groups is 1. The first kappa shape index (κ1) is 12.6. The number of carbonyl (C=O) groups excluding carboxylic acids is 1. The molecule has 0 N–H and O–H groups in total. The smallest absolute Gasteiger partial charge is 0.177 e. The molecule has 0 amide bonds. The molecule has 18 heavy (non-hydrogen) atoms. The van der Waals surface area contributed by atoms with Gasteiger partial charge in [-0.1, -0.05) is 17.7 Å². The van der Waals surface area contributed by atoms with Crippen molar-refractivity contribution in [3.8, 4) is 5.75 Å². The Balaban J connectivity index is 1.87. The molecule has 0 bridgehead atoms. The molecule has 1 heterocycles. The third kappa shape index (κ3) is 3.34. The lowest BCUT2D eigenvalue weighted by Gasteiger charge is -2.05. The number of imidazole rings is 1. The topological polar surface area (TPSA) is 44.1 Å². The van der Waals surface area contributed by atoms with Crippen LogP contribution >= 0.6 is 11.6 Å². The molecule has 1 aromatic carbocycles. The lowest BCUT2D eigenvalue weighted by Crippen LogP contribution is -2.16. The van der Waals surface area contributed by atoms with E-state index in [4.69, 9.17) is 16.3 Å². The van der Waals surface area contributed by atoms with Crippen molar-refractivity contribution in [2.24, 2.45) is 7.05 Å². The highest BCUT2D eigenvalue weighted by molar-refractivity contribution is 6.30. The SMILES string of the molecule is Cn1ccnc1CC(=O)COc1cccc(Cl)c1. The van der Waals surface area contributed by atoms with Gasteiger partial charge in [-0.2, -0.15) is 0 Å². The summed E-state index contributed by atoms with van der Waals surface area (Å²) in [5.41, 5.74) is 0. The number of halogens is 1. The van der Waals surface area contributed by atoms with E-state index in [1.165, 1.54) is 0 Å². The van der Waals surface area contributed by atoms with Crippen LogP contribution in [0.15, 0.2) is 36.7 Å². The number of ether oxygens (including phenoxy) is 1. The summed E-state index contributed by atoms with van der Waals surface area (Å²) in [5.74, 6) is 1.30. The second-order valence-electron chi connectivity index (χ2n) is 3.92. The van der Waals surface area contributed by atoms with Gasteiger partial charge in [0.25, 0.3) is 0 Å². The zero-order chi connectivity index (χ0) is 13.0. The van der Waals surface area contributed by atoms with Gasteiger partial charge in [0.05, 0.1) is 6.42 Å². The molecule has 0 radical (unpaired) electrons. The van der Waals surface area contributed by atoms with Crippen LogP contribution in [0.3, 0.4) is 0 Å². The number of hydrogen-bond acceptors (Lipinski definition) is 3. The van der Waals surface area contributed by atoms with Crippen molar-refractivity contribution < 1.29 is 9.53 Å². The summed E-state index contributed by atoms with van der Waals surface area (Å²) in [7, 11) is 1.85. The van der Waals surface area contributed by atoms with E-state index in [0.717, 1.165) is 5.82 Å². The highest BCUT2D eigenvalue weighted by atomic mass is 35.5. The summed E-state index contributed by atoms with van der Waals surface area (Å²) in [4.78, 5) is 15.8. The van der Waals surface area contributed by atoms with E-state index in [1.54, 1.807) is 36.7 Å². The Bertz CT molecular complexity index is 551. The molecule has 4 nitrogen and oxygen atoms in total. The van der Waals surface area contributed by atoms with Crippen molar-refractivity contribution in [2.75, 3.05) is 6.61 Å². The van der Waals surface area contributed by atoms with Gasteiger partial charge in [0, 0.05) is 24.5 Å². The van der Waals surface area contributed by atoms with Gasteiger partial charge in [0.15, 0.2) is 5.78 Å². The highest BCUT2D eigenvalue weighted by Gasteiger charge is 2.08. The zero-order valence-corrected chi connectivity index (χ0v) is 10.7. The van der Waals surface area contributed by atoms with E-state index in [2.05, 4.69) is 4.98 Å². The van der Waals surface area contributed by atoms with Crippen LogP contribution in [0.25, 0.3) is 0 Å². The number of aromatic nitrogens is 2. The van der Waals surface area contributed by atoms with Gasteiger partial charge in [0.1, 0.15) is 18.2 Å². The van der Waals surface area contributed by atoms with Crippen LogP contribution in [-0.4, -0.2) is 21.9 Å². The molecular formula is C13H13ClN2O2. The van der Waals surface area contributed by atoms with Crippen molar-refractivity contribution in [2.45, 2.75) is 6.42 Å². The van der Waals surface area contributed by atoms with E-state index in [0.29, 0.717) is 10.8 Å². The first-order chi connectivity index (χ1) is 8.65. The van der Waals surface area contributed by atoms with E-state index in [9.17, 15) is 4.79 Å². The van der Waals surface area contributed by atoms with E-state index in [1.807, 2.05) is 11.6 Å². The standard InChI is InChI=1S/C13H13ClN2O2/c1-16-6-5-15-13(16)8-11(17)9-18-12-4-2-3-10(14)7-12/h2-7H,8-9H2,1H3. The van der Waals surface area contributed by atoms with Crippen molar-refractivity contribution in [3.05, 3.63) is 47.5 Å². The Morgan fingerprint density at radius 1 is 1.50 bits per heavy atom. The van der Waals surface area contributed by atoms with Crippen molar-refractivity contribution >= 4 is 17.4 Å². The summed E-state index contributed by atoms with van der Waals surface area (Å²) in [6.07, 6.45) is 3.74. The summed E-state index contributed by atoms with van der Waals surface area (Å²) >= 11 is 5.82. The van der Waals surface area contributed by atoms with Crippen LogP contribution in [0, 0.1) is 0 Å². The molecule has 94 valence electrons. The number of Topliss-reactive ketones (excluding diaryl/α,β-unsaturated/α-hetero) is 1. The molecule has 2 aromatic rings. The van der Waals surface area contributed by atoms with Gasteiger partial charge in [-0.15, -0.1) is 0 Å². The molecule has 0 aliphatic rings. The summed E-state index contributed by atoms with van der Waals surface area (Å²) in [6, 6.07) is 6.97. The third-order valence-electron chi connectivity index (χ3n) is 2.47. The van der Waals surface area contributed by atoms with Crippen LogP contribution in [-0.2, 0) is 18.3 Å². The maximum Gasteiger partial charge on any atom is 0.177 e. The molecule has 0 fully saturated rings. The molecule has 0 spiro atoms. The first-order valence-electron chi connectivity index (χ1n) is 5.51. The highest BCUT2D eigenvalue weighted by Crippen LogP contribution is 2.17. The minimum atomic E-state index is -0.0238. The van der Waals surface area contributed by atoms with Crippen molar-refractivity contribution in [1.82, 2.24) is 9.55 Å². The quantitative estimate of drug-likeness (QED) is 0.832. The second-order valence-corrected chi connectivity index (χ2v) is 4.35. The minimum Gasteiger partial charge on any atom is -0.486 e. The monoisotopic (exact) mass is 264 g/mol. The molecule has 0 atom stereocenters. The van der Waals surface area contributed by atoms with E-state index >= 15 is 0 Å². The average Bonchev–Trinajstić information content (AvgIpc) is 2.73. The number of ketones is 1. The van der Waals surface area contributed by atoms with Crippen LogP contribution in [0.1, 0.15) is 5.82 Å². The average molecular weight is 265 g/mol. The number of rotatable bonds is 5. The Kier molecular flexibility index (Phi) is 3.99. The van der Waals surface area contributed by atoms with Crippen molar-refractivity contribution in [1.29, 1.82) is 0 Å². The van der Waals surface area contributed by atoms with Gasteiger partial charge < -0.3 is 9.30 Å². The van der Waals surface area contributed by atoms with Crippen LogP contribution in [0.4, 0.5) is 0 Å². The Morgan fingerprint density at radius 2 is 2.33 bits per heavy atom. The van der Waals surface area contributed by atoms with E-state index < -0.39 is 0 Å². The molecule has 0 unspecified atom stereocenters. The molecule has 0 aliphatic carbocycles. The van der Waals surface area contributed by atoms with E-state index in [-0.39, 0.29) is 18.8 Å². The Morgan fingerprint density at radius 3 is 3.00 bits per heavy atom. The van der Waals surface area contributed by atoms with Gasteiger partial charge in [-0.05, 0) is 18.2 Å². The van der Waals surface area contributed by atoms with Gasteiger partial charge >= 0.3 is 0 Å². The zero-order valence-electron chi connectivity index (χ0n) is 9.97. The number of hydrogen-bond donors (Lipinski definition) is 0. The number of nitrogens with zero attached hydrogens (tertiary/aromatic N) is 2. The summed E-state index contributed by atoms with van der Waals surface area (Å²) < 4.78 is 7.18. The lowest BCUT2D eigenvalue weighted by atomic mass is 10.3. The van der Waals surface area contributed by atoms with Gasteiger partial charge in [-0.3, -0.25) is 4.79 Å². The van der Waals surface area contributed by atoms with Gasteiger partial charge in [-0.25, -0.2) is 4.98 Å². The predicted octanol–water partition coefficient (Wildman–Crippen LogP) is 2.26. The third-order valence-corrected chi connectivity index (χ3v) is 2.71. The second kappa shape index (κ2) is 5.69. The fourth-order valence-electron chi connectivity index (χ4n) is 1.51. The molecule has 0 saturated heterocycles. The predicted molar refractivity (Wildman–Crippen MR) is 68.9 cm³/mol. The van der Waals surface area contributed by atoms with Gasteiger partial charge in [0.2, 0.25) is 0 Å². The fraction of sp³-hybridized carbons (Fsp3) is 0.231. The number of benzene rings is 1. The molecular weight excluding hydrogens is 252 g/mol. The van der Waals surface area contributed by atoms with Crippen LogP contribution in [0.2, 0.25) is 5.02 Å². The molecule has 0 aliphatic heterocycles. The molecule has 0 saturated carbocycles. The summed E-state index contributed by atoms with van der Waals surface area (Å²) in [5, 5.41) is 0.587. The molecule has 2 rings (SSSR count). The van der Waals surface area contributed by atoms with Crippen LogP contribution < -0.4 is 4.74 Å². The number of aryl methyl sites for hydroxylation is 1. The molecule has 1 aromatic heterocycles. The Labute approximate surface area is 110 Å². The maximum absolute atomic E-state index is 11.7.